The summed E-state index contributed by atoms with van der Waals surface area (Å²) in [7, 11) is 1.49. The van der Waals surface area contributed by atoms with Crippen molar-refractivity contribution in [1.82, 2.24) is 9.88 Å². The van der Waals surface area contributed by atoms with Crippen molar-refractivity contribution in [1.29, 1.82) is 0 Å². The van der Waals surface area contributed by atoms with Crippen LogP contribution in [0.5, 0.6) is 11.6 Å². The van der Waals surface area contributed by atoms with Gasteiger partial charge in [-0.05, 0) is 30.7 Å². The molecule has 0 saturated heterocycles. The van der Waals surface area contributed by atoms with Gasteiger partial charge in [-0.25, -0.2) is 9.98 Å². The second kappa shape index (κ2) is 12.4. The average molecular weight is 440 g/mol. The first-order valence-corrected chi connectivity index (χ1v) is 9.69. The van der Waals surface area contributed by atoms with Crippen LogP contribution in [0.1, 0.15) is 38.8 Å². The Balaban J connectivity index is 0.000000365. The predicted molar refractivity (Wildman–Crippen MR) is 112 cm³/mol. The largest absolute Gasteiger partial charge is 0.573 e. The highest BCUT2D eigenvalue weighted by Gasteiger charge is 2.32. The van der Waals surface area contributed by atoms with Crippen molar-refractivity contribution in [2.24, 2.45) is 10.7 Å². The van der Waals surface area contributed by atoms with E-state index in [2.05, 4.69) is 14.7 Å². The van der Waals surface area contributed by atoms with Gasteiger partial charge in [0.25, 0.3) is 0 Å². The minimum absolute atomic E-state index is 0.0355. The third kappa shape index (κ3) is 8.93. The average Bonchev–Trinajstić information content (AvgIpc) is 2.73. The number of carbonyl (C=O) groups is 1. The number of aliphatic imine (C=N–C) groups is 1. The Morgan fingerprint density at radius 3 is 2.45 bits per heavy atom. The SMILES string of the molecule is CC.CCOc1ccccn1.CN1C(=O)CC(c2cccc(OC(F)(F)F)c2)N=C1N. The molecule has 170 valence electrons. The zero-order chi connectivity index (χ0) is 23.4. The van der Waals surface area contributed by atoms with Gasteiger partial charge in [0.15, 0.2) is 5.96 Å². The van der Waals surface area contributed by atoms with E-state index in [1.54, 1.807) is 12.3 Å². The van der Waals surface area contributed by atoms with Gasteiger partial charge >= 0.3 is 6.36 Å². The number of hydrogen-bond acceptors (Lipinski definition) is 6. The third-order valence-electron chi connectivity index (χ3n) is 3.78. The van der Waals surface area contributed by atoms with E-state index in [-0.39, 0.29) is 24.0 Å². The molecule has 31 heavy (non-hydrogen) atoms. The Labute approximate surface area is 179 Å². The molecule has 0 spiro atoms. The van der Waals surface area contributed by atoms with Gasteiger partial charge in [-0.1, -0.05) is 32.0 Å². The lowest BCUT2D eigenvalue weighted by molar-refractivity contribution is -0.274. The number of aromatic nitrogens is 1. The van der Waals surface area contributed by atoms with Gasteiger partial charge in [-0.15, -0.1) is 13.2 Å². The summed E-state index contributed by atoms with van der Waals surface area (Å²) in [6.45, 7) is 6.62. The molecule has 1 unspecified atom stereocenters. The van der Waals surface area contributed by atoms with Crippen molar-refractivity contribution in [3.8, 4) is 11.6 Å². The molecule has 0 fully saturated rings. The van der Waals surface area contributed by atoms with Crippen LogP contribution in [0.2, 0.25) is 0 Å². The first-order valence-electron chi connectivity index (χ1n) is 9.69. The molecule has 1 atom stereocenters. The van der Waals surface area contributed by atoms with Crippen LogP contribution in [0, 0.1) is 0 Å². The molecule has 1 amide bonds. The minimum atomic E-state index is -4.76. The normalized spacial score (nSPS) is 15.6. The van der Waals surface area contributed by atoms with Gasteiger partial charge in [0.2, 0.25) is 11.8 Å². The number of pyridine rings is 1. The molecule has 1 aromatic carbocycles. The number of carbonyl (C=O) groups excluding carboxylic acids is 1. The zero-order valence-electron chi connectivity index (χ0n) is 17.9. The van der Waals surface area contributed by atoms with E-state index in [0.29, 0.717) is 18.1 Å². The molecular formula is C21H27F3N4O3. The number of rotatable bonds is 4. The quantitative estimate of drug-likeness (QED) is 0.765. The molecule has 0 aliphatic carbocycles. The molecule has 0 radical (unpaired) electrons. The van der Waals surface area contributed by atoms with E-state index >= 15 is 0 Å². The fraction of sp³-hybridized carbons (Fsp3) is 0.381. The lowest BCUT2D eigenvalue weighted by Crippen LogP contribution is -2.42. The lowest BCUT2D eigenvalue weighted by atomic mass is 10.0. The van der Waals surface area contributed by atoms with Crippen molar-refractivity contribution < 1.29 is 27.4 Å². The van der Waals surface area contributed by atoms with Crippen molar-refractivity contribution in [2.75, 3.05) is 13.7 Å². The summed E-state index contributed by atoms with van der Waals surface area (Å²) in [5.74, 6) is 0.133. The maximum absolute atomic E-state index is 12.2. The van der Waals surface area contributed by atoms with Gasteiger partial charge in [-0.2, -0.15) is 0 Å². The lowest BCUT2D eigenvalue weighted by Gasteiger charge is -2.25. The second-order valence-corrected chi connectivity index (χ2v) is 5.88. The number of benzene rings is 1. The number of nitrogens with two attached hydrogens (primary N) is 1. The van der Waals surface area contributed by atoms with Crippen LogP contribution in [-0.2, 0) is 4.79 Å². The fourth-order valence-electron chi connectivity index (χ4n) is 2.41. The van der Waals surface area contributed by atoms with Crippen LogP contribution < -0.4 is 15.2 Å². The smallest absolute Gasteiger partial charge is 0.478 e. The summed E-state index contributed by atoms with van der Waals surface area (Å²) in [5.41, 5.74) is 6.02. The Kier molecular flexibility index (Phi) is 10.3. The first-order chi connectivity index (χ1) is 14.7. The highest BCUT2D eigenvalue weighted by molar-refractivity contribution is 5.98. The Bertz CT molecular complexity index is 845. The predicted octanol–water partition coefficient (Wildman–Crippen LogP) is 4.31. The zero-order valence-corrected chi connectivity index (χ0v) is 17.9. The van der Waals surface area contributed by atoms with Crippen LogP contribution >= 0.6 is 0 Å². The number of halogens is 3. The van der Waals surface area contributed by atoms with E-state index in [0.717, 1.165) is 0 Å². The van der Waals surface area contributed by atoms with E-state index in [1.807, 2.05) is 39.0 Å². The molecule has 2 heterocycles. The highest BCUT2D eigenvalue weighted by Crippen LogP contribution is 2.30. The van der Waals surface area contributed by atoms with Crippen molar-refractivity contribution in [2.45, 2.75) is 39.6 Å². The topological polar surface area (TPSA) is 90.0 Å². The van der Waals surface area contributed by atoms with E-state index < -0.39 is 12.4 Å². The number of nitrogens with zero attached hydrogens (tertiary/aromatic N) is 3. The van der Waals surface area contributed by atoms with E-state index in [9.17, 15) is 18.0 Å². The highest BCUT2D eigenvalue weighted by atomic mass is 19.4. The summed E-state index contributed by atoms with van der Waals surface area (Å²) >= 11 is 0. The first kappa shape index (κ1) is 25.7. The Morgan fingerprint density at radius 1 is 1.19 bits per heavy atom. The van der Waals surface area contributed by atoms with Crippen LogP contribution in [0.4, 0.5) is 13.2 Å². The summed E-state index contributed by atoms with van der Waals surface area (Å²) in [6, 6.07) is 10.4. The summed E-state index contributed by atoms with van der Waals surface area (Å²) in [5, 5.41) is 0. The number of alkyl halides is 3. The number of hydrogen-bond donors (Lipinski definition) is 1. The van der Waals surface area contributed by atoms with Crippen LogP contribution in [0.25, 0.3) is 0 Å². The molecule has 3 rings (SSSR count). The molecular weight excluding hydrogens is 413 g/mol. The molecule has 1 aliphatic rings. The Hall–Kier alpha value is -3.30. The molecule has 0 bridgehead atoms. The summed E-state index contributed by atoms with van der Waals surface area (Å²) in [4.78, 5) is 20.9. The van der Waals surface area contributed by atoms with Gasteiger partial charge < -0.3 is 15.2 Å². The van der Waals surface area contributed by atoms with Crippen molar-refractivity contribution in [3.63, 3.8) is 0 Å². The van der Waals surface area contributed by atoms with Crippen LogP contribution in [-0.4, -0.2) is 41.8 Å². The fourth-order valence-corrected chi connectivity index (χ4v) is 2.41. The van der Waals surface area contributed by atoms with Crippen molar-refractivity contribution >= 4 is 11.9 Å². The summed E-state index contributed by atoms with van der Waals surface area (Å²) in [6.07, 6.45) is -3.00. The van der Waals surface area contributed by atoms with Crippen LogP contribution in [0.3, 0.4) is 0 Å². The van der Waals surface area contributed by atoms with Gasteiger partial charge in [0, 0.05) is 19.3 Å². The molecule has 2 N–H and O–H groups in total. The molecule has 1 aromatic heterocycles. The van der Waals surface area contributed by atoms with Gasteiger partial charge in [-0.3, -0.25) is 9.69 Å². The number of ether oxygens (including phenoxy) is 2. The van der Waals surface area contributed by atoms with E-state index in [1.165, 1.54) is 30.1 Å². The van der Waals surface area contributed by atoms with Crippen molar-refractivity contribution in [3.05, 3.63) is 54.2 Å². The number of guanidine groups is 1. The monoisotopic (exact) mass is 440 g/mol. The Morgan fingerprint density at radius 2 is 1.90 bits per heavy atom. The second-order valence-electron chi connectivity index (χ2n) is 5.88. The third-order valence-corrected chi connectivity index (χ3v) is 3.78. The standard InChI is InChI=1S/C12H12F3N3O2.C7H9NO.C2H6/c1-18-10(19)6-9(17-11(18)16)7-3-2-4-8(5-7)20-12(13,14)15;1-2-9-7-5-3-4-6-8-7;1-2/h2-5,9H,6H2,1H3,(H2,16,17);3-6H,2H2,1H3;1-2H3. The van der Waals surface area contributed by atoms with Gasteiger partial charge in [0.05, 0.1) is 19.1 Å². The minimum Gasteiger partial charge on any atom is -0.478 e. The van der Waals surface area contributed by atoms with Gasteiger partial charge in [0.1, 0.15) is 5.75 Å². The molecule has 7 nitrogen and oxygen atoms in total. The maximum atomic E-state index is 12.2. The maximum Gasteiger partial charge on any atom is 0.573 e. The molecule has 2 aromatic rings. The van der Waals surface area contributed by atoms with Crippen LogP contribution in [0.15, 0.2) is 53.7 Å². The summed E-state index contributed by atoms with van der Waals surface area (Å²) < 4.78 is 45.4. The molecule has 0 saturated carbocycles. The van der Waals surface area contributed by atoms with E-state index in [4.69, 9.17) is 10.5 Å². The molecule has 1 aliphatic heterocycles. The number of amides is 1. The molecule has 10 heteroatoms.